The first kappa shape index (κ1) is 28.8. The number of nitrogens with zero attached hydrogens (tertiary/aromatic N) is 1. The van der Waals surface area contributed by atoms with Gasteiger partial charge in [0.1, 0.15) is 0 Å². The van der Waals surface area contributed by atoms with Crippen molar-refractivity contribution >= 4 is 60.2 Å². The molecule has 0 aromatic heterocycles. The molecule has 0 radical (unpaired) electrons. The second-order valence-corrected chi connectivity index (χ2v) is 14.1. The molecule has 0 N–H and O–H groups in total. The van der Waals surface area contributed by atoms with E-state index in [9.17, 15) is 0 Å². The molecular formula is C49H35N. The summed E-state index contributed by atoms with van der Waals surface area (Å²) in [6.45, 7) is 4.72. The van der Waals surface area contributed by atoms with Crippen LogP contribution in [0.4, 0.5) is 17.1 Å². The normalized spacial score (nSPS) is 13.2. The summed E-state index contributed by atoms with van der Waals surface area (Å²) < 4.78 is 0. The number of para-hydroxylation sites is 1. The van der Waals surface area contributed by atoms with E-state index in [1.807, 2.05) is 0 Å². The summed E-state index contributed by atoms with van der Waals surface area (Å²) in [5, 5.41) is 10.1. The van der Waals surface area contributed by atoms with Gasteiger partial charge in [0.05, 0.1) is 11.4 Å². The first-order valence-electron chi connectivity index (χ1n) is 17.5. The van der Waals surface area contributed by atoms with Crippen LogP contribution in [-0.4, -0.2) is 0 Å². The van der Waals surface area contributed by atoms with Crippen molar-refractivity contribution in [2.45, 2.75) is 19.3 Å². The fraction of sp³-hybridized carbons (Fsp3) is 0.0612. The van der Waals surface area contributed by atoms with Crippen LogP contribution in [0.25, 0.3) is 65.3 Å². The first-order chi connectivity index (χ1) is 24.6. The molecule has 1 aliphatic rings. The van der Waals surface area contributed by atoms with Gasteiger partial charge in [-0.05, 0) is 95.7 Å². The van der Waals surface area contributed by atoms with E-state index >= 15 is 0 Å². The van der Waals surface area contributed by atoms with E-state index in [-0.39, 0.29) is 5.41 Å². The highest BCUT2D eigenvalue weighted by Gasteiger charge is 2.38. The van der Waals surface area contributed by atoms with Gasteiger partial charge in [0, 0.05) is 22.2 Å². The second-order valence-electron chi connectivity index (χ2n) is 14.1. The Morgan fingerprint density at radius 3 is 1.90 bits per heavy atom. The van der Waals surface area contributed by atoms with Gasteiger partial charge in [-0.3, -0.25) is 0 Å². The number of benzene rings is 9. The Bertz CT molecular complexity index is 2800. The van der Waals surface area contributed by atoms with Gasteiger partial charge in [-0.15, -0.1) is 0 Å². The molecule has 9 aromatic rings. The zero-order valence-electron chi connectivity index (χ0n) is 28.2. The van der Waals surface area contributed by atoms with Gasteiger partial charge in [0.2, 0.25) is 0 Å². The van der Waals surface area contributed by atoms with Crippen molar-refractivity contribution in [3.8, 4) is 22.3 Å². The van der Waals surface area contributed by atoms with Crippen molar-refractivity contribution in [1.29, 1.82) is 0 Å². The zero-order chi connectivity index (χ0) is 33.4. The van der Waals surface area contributed by atoms with E-state index in [0.29, 0.717) is 0 Å². The number of rotatable bonds is 4. The second kappa shape index (κ2) is 10.9. The van der Waals surface area contributed by atoms with E-state index in [0.717, 1.165) is 11.4 Å². The van der Waals surface area contributed by atoms with Gasteiger partial charge in [0.25, 0.3) is 0 Å². The molecule has 50 heavy (non-hydrogen) atoms. The summed E-state index contributed by atoms with van der Waals surface area (Å²) >= 11 is 0. The van der Waals surface area contributed by atoms with Crippen molar-refractivity contribution in [3.63, 3.8) is 0 Å². The van der Waals surface area contributed by atoms with Gasteiger partial charge < -0.3 is 4.90 Å². The standard InChI is InChI=1S/C49H35N/c1-49(2)43-18-9-7-17-42(43)48-44(49)19-11-21-46(48)50(45-20-10-8-15-39(45)36-26-22-32-12-3-4-14-35(32)30-36)38-28-29-41-37(31-38)27-25-34-24-23-33-13-5-6-16-40(33)47(34)41/h3-31H,1-2H3. The molecule has 0 aliphatic heterocycles. The summed E-state index contributed by atoms with van der Waals surface area (Å²) in [4.78, 5) is 2.51. The molecule has 0 amide bonds. The van der Waals surface area contributed by atoms with Gasteiger partial charge in [-0.25, -0.2) is 0 Å². The van der Waals surface area contributed by atoms with Gasteiger partial charge >= 0.3 is 0 Å². The van der Waals surface area contributed by atoms with Crippen molar-refractivity contribution < 1.29 is 0 Å². The molecule has 0 heterocycles. The summed E-state index contributed by atoms with van der Waals surface area (Å²) in [6.07, 6.45) is 0. The summed E-state index contributed by atoms with van der Waals surface area (Å²) in [5.74, 6) is 0. The van der Waals surface area contributed by atoms with E-state index in [1.165, 1.54) is 82.2 Å². The smallest absolute Gasteiger partial charge is 0.0543 e. The zero-order valence-corrected chi connectivity index (χ0v) is 28.2. The third-order valence-corrected chi connectivity index (χ3v) is 11.0. The maximum Gasteiger partial charge on any atom is 0.0543 e. The van der Waals surface area contributed by atoms with Crippen molar-refractivity contribution in [1.82, 2.24) is 0 Å². The van der Waals surface area contributed by atoms with Crippen LogP contribution in [-0.2, 0) is 5.41 Å². The average molecular weight is 638 g/mol. The molecule has 0 saturated carbocycles. The Hall–Kier alpha value is -6.18. The molecule has 9 aromatic carbocycles. The Kier molecular flexibility index (Phi) is 6.29. The predicted octanol–water partition coefficient (Wildman–Crippen LogP) is 13.7. The topological polar surface area (TPSA) is 3.24 Å². The summed E-state index contributed by atoms with van der Waals surface area (Å²) in [7, 11) is 0. The van der Waals surface area contributed by atoms with Crippen molar-refractivity contribution in [2.24, 2.45) is 0 Å². The lowest BCUT2D eigenvalue weighted by molar-refractivity contribution is 0.660. The van der Waals surface area contributed by atoms with E-state index in [4.69, 9.17) is 0 Å². The lowest BCUT2D eigenvalue weighted by Gasteiger charge is -2.31. The highest BCUT2D eigenvalue weighted by Crippen LogP contribution is 2.55. The fourth-order valence-electron chi connectivity index (χ4n) is 8.56. The Morgan fingerprint density at radius 2 is 1.02 bits per heavy atom. The Balaban J connectivity index is 1.26. The van der Waals surface area contributed by atoms with Crippen molar-refractivity contribution in [3.05, 3.63) is 187 Å². The lowest BCUT2D eigenvalue weighted by atomic mass is 9.82. The molecule has 0 bridgehead atoms. The summed E-state index contributed by atoms with van der Waals surface area (Å²) in [6, 6.07) is 65.1. The third kappa shape index (κ3) is 4.27. The minimum Gasteiger partial charge on any atom is -0.309 e. The number of hydrogen-bond donors (Lipinski definition) is 0. The van der Waals surface area contributed by atoms with E-state index in [2.05, 4.69) is 195 Å². The van der Waals surface area contributed by atoms with Crippen LogP contribution in [0.15, 0.2) is 176 Å². The predicted molar refractivity (Wildman–Crippen MR) is 214 cm³/mol. The maximum absolute atomic E-state index is 2.51. The monoisotopic (exact) mass is 637 g/mol. The Morgan fingerprint density at radius 1 is 0.400 bits per heavy atom. The van der Waals surface area contributed by atoms with Gasteiger partial charge in [0.15, 0.2) is 0 Å². The number of hydrogen-bond acceptors (Lipinski definition) is 1. The van der Waals surface area contributed by atoms with E-state index in [1.54, 1.807) is 0 Å². The molecule has 1 aliphatic carbocycles. The summed E-state index contributed by atoms with van der Waals surface area (Å²) in [5.41, 5.74) is 11.2. The minimum absolute atomic E-state index is 0.102. The van der Waals surface area contributed by atoms with Gasteiger partial charge in [-0.1, -0.05) is 159 Å². The molecule has 1 heteroatoms. The molecule has 236 valence electrons. The van der Waals surface area contributed by atoms with Crippen molar-refractivity contribution in [2.75, 3.05) is 4.90 Å². The highest BCUT2D eigenvalue weighted by molar-refractivity contribution is 6.20. The van der Waals surface area contributed by atoms with Crippen LogP contribution in [0.1, 0.15) is 25.0 Å². The van der Waals surface area contributed by atoms with Crippen LogP contribution in [0.3, 0.4) is 0 Å². The highest BCUT2D eigenvalue weighted by atomic mass is 15.1. The van der Waals surface area contributed by atoms with Crippen LogP contribution in [0.2, 0.25) is 0 Å². The molecule has 0 spiro atoms. The molecule has 0 atom stereocenters. The van der Waals surface area contributed by atoms with E-state index < -0.39 is 0 Å². The molecule has 0 saturated heterocycles. The first-order valence-corrected chi connectivity index (χ1v) is 17.5. The van der Waals surface area contributed by atoms with Crippen LogP contribution in [0, 0.1) is 0 Å². The molecule has 10 rings (SSSR count). The molecule has 1 nitrogen and oxygen atoms in total. The largest absolute Gasteiger partial charge is 0.309 e. The number of fused-ring (bicyclic) bond motifs is 9. The molecule has 0 unspecified atom stereocenters. The molecule has 0 fully saturated rings. The third-order valence-electron chi connectivity index (χ3n) is 11.0. The number of anilines is 3. The quantitative estimate of drug-likeness (QED) is 0.174. The van der Waals surface area contributed by atoms with Crippen LogP contribution in [0.5, 0.6) is 0 Å². The SMILES string of the molecule is CC1(C)c2ccccc2-c2c(N(c3ccc4c(ccc5ccc6ccccc6c54)c3)c3ccccc3-c3ccc4ccccc4c3)cccc21. The van der Waals surface area contributed by atoms with Gasteiger partial charge in [-0.2, -0.15) is 0 Å². The maximum atomic E-state index is 2.51. The Labute approximate surface area is 292 Å². The molecular weight excluding hydrogens is 603 g/mol. The lowest BCUT2D eigenvalue weighted by Crippen LogP contribution is -2.16. The minimum atomic E-state index is -0.102. The fourth-order valence-corrected chi connectivity index (χ4v) is 8.56. The van der Waals surface area contributed by atoms with Crippen LogP contribution >= 0.6 is 0 Å². The average Bonchev–Trinajstić information content (AvgIpc) is 3.41. The van der Waals surface area contributed by atoms with Crippen LogP contribution < -0.4 is 4.90 Å².